The highest BCUT2D eigenvalue weighted by Crippen LogP contribution is 2.15. The average molecular weight is 303 g/mol. The third-order valence-electron chi connectivity index (χ3n) is 3.33. The highest BCUT2D eigenvalue weighted by molar-refractivity contribution is 7.99. The molecule has 4 nitrogen and oxygen atoms in total. The van der Waals surface area contributed by atoms with Gasteiger partial charge in [-0.15, -0.1) is 0 Å². The molecule has 0 aliphatic rings. The molecule has 2 unspecified atom stereocenters. The van der Waals surface area contributed by atoms with Crippen molar-refractivity contribution in [2.45, 2.75) is 24.6 Å². The van der Waals surface area contributed by atoms with Gasteiger partial charge in [-0.05, 0) is 24.8 Å². The van der Waals surface area contributed by atoms with Gasteiger partial charge in [0.2, 0.25) is 0 Å². The smallest absolute Gasteiger partial charge is 0.135 e. The maximum atomic E-state index is 9.33. The van der Waals surface area contributed by atoms with Crippen molar-refractivity contribution in [3.8, 4) is 0 Å². The molecular weight excluding hydrogens is 282 g/mol. The Kier molecular flexibility index (Phi) is 6.02. The van der Waals surface area contributed by atoms with Crippen molar-refractivity contribution in [2.75, 3.05) is 18.2 Å². The number of benzene rings is 1. The number of hydrogen-bond donors (Lipinski definition) is 2. The second-order valence-corrected chi connectivity index (χ2v) is 5.99. The Balaban J connectivity index is 2.04. The van der Waals surface area contributed by atoms with E-state index in [1.54, 1.807) is 18.0 Å². The number of nitrogens with one attached hydrogen (secondary N) is 1. The Bertz CT molecular complexity index is 546. The molecule has 0 fully saturated rings. The highest BCUT2D eigenvalue weighted by Gasteiger charge is 2.15. The van der Waals surface area contributed by atoms with E-state index in [1.165, 1.54) is 5.56 Å². The van der Waals surface area contributed by atoms with Crippen LogP contribution in [0.2, 0.25) is 0 Å². The highest BCUT2D eigenvalue weighted by atomic mass is 32.2. The van der Waals surface area contributed by atoms with Gasteiger partial charge in [-0.25, -0.2) is 9.97 Å². The summed E-state index contributed by atoms with van der Waals surface area (Å²) >= 11 is 1.65. The SMILES string of the molecule is CSC(CO)C(C)Nc1ccnc(Cc2ccccc2)n1. The van der Waals surface area contributed by atoms with Crippen LogP contribution >= 0.6 is 11.8 Å². The van der Waals surface area contributed by atoms with Gasteiger partial charge in [0.1, 0.15) is 11.6 Å². The van der Waals surface area contributed by atoms with E-state index in [9.17, 15) is 5.11 Å². The third kappa shape index (κ3) is 4.72. The van der Waals surface area contributed by atoms with Crippen LogP contribution in [0.5, 0.6) is 0 Å². The van der Waals surface area contributed by atoms with Crippen molar-refractivity contribution in [3.63, 3.8) is 0 Å². The Labute approximate surface area is 130 Å². The zero-order valence-corrected chi connectivity index (χ0v) is 13.2. The van der Waals surface area contributed by atoms with Gasteiger partial charge in [-0.3, -0.25) is 0 Å². The van der Waals surface area contributed by atoms with Crippen LogP contribution in [0.1, 0.15) is 18.3 Å². The largest absolute Gasteiger partial charge is 0.395 e. The Morgan fingerprint density at radius 1 is 1.24 bits per heavy atom. The van der Waals surface area contributed by atoms with Crippen LogP contribution in [0.25, 0.3) is 0 Å². The van der Waals surface area contributed by atoms with Gasteiger partial charge in [0.05, 0.1) is 6.61 Å². The third-order valence-corrected chi connectivity index (χ3v) is 4.49. The number of aliphatic hydroxyl groups excluding tert-OH is 1. The molecule has 1 aromatic carbocycles. The van der Waals surface area contributed by atoms with Crippen LogP contribution in [0, 0.1) is 0 Å². The van der Waals surface area contributed by atoms with E-state index < -0.39 is 0 Å². The number of aromatic nitrogens is 2. The zero-order chi connectivity index (χ0) is 15.1. The monoisotopic (exact) mass is 303 g/mol. The topological polar surface area (TPSA) is 58.0 Å². The van der Waals surface area contributed by atoms with Crippen LogP contribution in [0.3, 0.4) is 0 Å². The van der Waals surface area contributed by atoms with E-state index in [0.717, 1.165) is 18.1 Å². The molecule has 0 radical (unpaired) electrons. The van der Waals surface area contributed by atoms with E-state index in [4.69, 9.17) is 0 Å². The summed E-state index contributed by atoms with van der Waals surface area (Å²) in [6, 6.07) is 12.2. The molecule has 112 valence electrons. The Morgan fingerprint density at radius 2 is 2.00 bits per heavy atom. The van der Waals surface area contributed by atoms with Crippen LogP contribution in [0.4, 0.5) is 5.82 Å². The maximum Gasteiger partial charge on any atom is 0.135 e. The summed E-state index contributed by atoms with van der Waals surface area (Å²) in [5.74, 6) is 1.60. The fourth-order valence-corrected chi connectivity index (χ4v) is 2.73. The summed E-state index contributed by atoms with van der Waals surface area (Å²) in [5.41, 5.74) is 1.19. The van der Waals surface area contributed by atoms with Crippen molar-refractivity contribution in [1.82, 2.24) is 9.97 Å². The van der Waals surface area contributed by atoms with Gasteiger partial charge in [0.15, 0.2) is 0 Å². The van der Waals surface area contributed by atoms with E-state index >= 15 is 0 Å². The number of aliphatic hydroxyl groups is 1. The number of thioether (sulfide) groups is 1. The lowest BCUT2D eigenvalue weighted by atomic mass is 10.1. The molecule has 0 saturated heterocycles. The summed E-state index contributed by atoms with van der Waals surface area (Å²) in [7, 11) is 0. The number of hydrogen-bond acceptors (Lipinski definition) is 5. The first-order valence-corrected chi connectivity index (χ1v) is 8.27. The van der Waals surface area contributed by atoms with E-state index in [-0.39, 0.29) is 17.9 Å². The Hall–Kier alpha value is -1.59. The number of nitrogens with zero attached hydrogens (tertiary/aromatic N) is 2. The first kappa shape index (κ1) is 15.8. The lowest BCUT2D eigenvalue weighted by Crippen LogP contribution is -2.31. The molecule has 21 heavy (non-hydrogen) atoms. The minimum absolute atomic E-state index is 0.143. The maximum absolute atomic E-state index is 9.33. The fourth-order valence-electron chi connectivity index (χ4n) is 2.11. The molecule has 1 heterocycles. The summed E-state index contributed by atoms with van der Waals surface area (Å²) < 4.78 is 0. The molecular formula is C16H21N3OS. The van der Waals surface area contributed by atoms with Crippen molar-refractivity contribution >= 4 is 17.6 Å². The van der Waals surface area contributed by atoms with Crippen LogP contribution < -0.4 is 5.32 Å². The first-order chi connectivity index (χ1) is 10.2. The summed E-state index contributed by atoms with van der Waals surface area (Å²) in [6.07, 6.45) is 4.49. The van der Waals surface area contributed by atoms with Gasteiger partial charge in [0.25, 0.3) is 0 Å². The molecule has 0 saturated carbocycles. The minimum Gasteiger partial charge on any atom is -0.395 e. The number of rotatable bonds is 7. The molecule has 2 aromatic rings. The standard InChI is InChI=1S/C16H21N3OS/c1-12(14(11-20)21-2)18-15-8-9-17-16(19-15)10-13-6-4-3-5-7-13/h3-9,12,14,20H,10-11H2,1-2H3,(H,17,18,19). The molecule has 5 heteroatoms. The van der Waals surface area contributed by atoms with Crippen molar-refractivity contribution in [3.05, 3.63) is 54.0 Å². The average Bonchev–Trinajstić information content (AvgIpc) is 2.50. The number of anilines is 1. The predicted octanol–water partition coefficient (Wildman–Crippen LogP) is 2.59. The summed E-state index contributed by atoms with van der Waals surface area (Å²) in [4.78, 5) is 8.87. The molecule has 2 atom stereocenters. The van der Waals surface area contributed by atoms with Gasteiger partial charge in [0, 0.05) is 23.9 Å². The van der Waals surface area contributed by atoms with Gasteiger partial charge in [-0.2, -0.15) is 11.8 Å². The fraction of sp³-hybridized carbons (Fsp3) is 0.375. The molecule has 0 amide bonds. The quantitative estimate of drug-likeness (QED) is 0.823. The van der Waals surface area contributed by atoms with E-state index in [1.807, 2.05) is 30.5 Å². The molecule has 1 aromatic heterocycles. The molecule has 0 spiro atoms. The predicted molar refractivity (Wildman–Crippen MR) is 88.8 cm³/mol. The van der Waals surface area contributed by atoms with Crippen molar-refractivity contribution in [1.29, 1.82) is 0 Å². The molecule has 0 aliphatic carbocycles. The molecule has 2 N–H and O–H groups in total. The lowest BCUT2D eigenvalue weighted by molar-refractivity contribution is 0.288. The molecule has 2 rings (SSSR count). The molecule has 0 aliphatic heterocycles. The normalized spacial score (nSPS) is 13.7. The van der Waals surface area contributed by atoms with E-state index in [0.29, 0.717) is 0 Å². The van der Waals surface area contributed by atoms with Crippen molar-refractivity contribution in [2.24, 2.45) is 0 Å². The lowest BCUT2D eigenvalue weighted by Gasteiger charge is -2.21. The van der Waals surface area contributed by atoms with E-state index in [2.05, 4.69) is 34.3 Å². The van der Waals surface area contributed by atoms with Gasteiger partial charge >= 0.3 is 0 Å². The van der Waals surface area contributed by atoms with Crippen LogP contribution in [-0.2, 0) is 6.42 Å². The van der Waals surface area contributed by atoms with Crippen LogP contribution in [-0.4, -0.2) is 39.2 Å². The summed E-state index contributed by atoms with van der Waals surface area (Å²) in [6.45, 7) is 2.20. The minimum atomic E-state index is 0.143. The van der Waals surface area contributed by atoms with Crippen LogP contribution in [0.15, 0.2) is 42.6 Å². The molecule has 0 bridgehead atoms. The van der Waals surface area contributed by atoms with Gasteiger partial charge in [-0.1, -0.05) is 30.3 Å². The zero-order valence-electron chi connectivity index (χ0n) is 12.4. The first-order valence-electron chi connectivity index (χ1n) is 6.99. The van der Waals surface area contributed by atoms with Crippen molar-refractivity contribution < 1.29 is 5.11 Å². The second kappa shape index (κ2) is 8.00. The summed E-state index contributed by atoms with van der Waals surface area (Å²) in [5, 5.41) is 12.8. The Morgan fingerprint density at radius 3 is 2.67 bits per heavy atom. The second-order valence-electron chi connectivity index (χ2n) is 4.91. The van der Waals surface area contributed by atoms with Gasteiger partial charge < -0.3 is 10.4 Å².